The number of allylic oxidation sites excluding steroid dienone is 1. The highest BCUT2D eigenvalue weighted by molar-refractivity contribution is 6.03. The average molecular weight is 787 g/mol. The summed E-state index contributed by atoms with van der Waals surface area (Å²) in [4.78, 5) is 26.8. The molecule has 4 aliphatic carbocycles. The first-order valence-electron chi connectivity index (χ1n) is 24.6. The SMILES string of the molecule is CC(C)CCCCCCCCCCCCCCCOC(=O)c1ccccc1C(=O)O[C@H]1CC[C@@]2(C)C(=CC[C@H]3[C@@H]4CC[C@H]([C@H](C)CCCC(C)C)[C@@]4(C)CC[C@@H]32)C1. The fourth-order valence-corrected chi connectivity index (χ4v) is 12.6. The lowest BCUT2D eigenvalue weighted by molar-refractivity contribution is -0.0594. The van der Waals surface area contributed by atoms with E-state index in [-0.39, 0.29) is 17.5 Å². The Hall–Kier alpha value is -2.10. The van der Waals surface area contributed by atoms with Crippen LogP contribution in [-0.4, -0.2) is 24.6 Å². The molecule has 0 radical (unpaired) electrons. The summed E-state index contributed by atoms with van der Waals surface area (Å²) in [6.07, 6.45) is 34.3. The van der Waals surface area contributed by atoms with Gasteiger partial charge in [-0.3, -0.25) is 0 Å². The summed E-state index contributed by atoms with van der Waals surface area (Å²) in [7, 11) is 0. The van der Waals surface area contributed by atoms with Crippen molar-refractivity contribution in [1.29, 1.82) is 0 Å². The van der Waals surface area contributed by atoms with Crippen LogP contribution in [-0.2, 0) is 9.47 Å². The number of carbonyl (C=O) groups is 2. The molecule has 8 atom stereocenters. The third kappa shape index (κ3) is 12.5. The van der Waals surface area contributed by atoms with E-state index in [1.165, 1.54) is 134 Å². The molecular formula is C53H86O4. The number of esters is 2. The van der Waals surface area contributed by atoms with Gasteiger partial charge in [0.15, 0.2) is 0 Å². The standard InChI is InChI=1S/C53H86O4/c1-39(2)24-19-17-15-13-11-9-8-10-12-14-16-18-22-37-56-50(54)44-27-20-21-28-45(44)51(55)57-43-33-35-52(6)42(38-43)29-30-46-48-32-31-47(41(5)26-23-25-40(3)4)53(48,7)36-34-49(46)52/h20-21,27-29,39-41,43,46-49H,8-19,22-26,30-38H2,1-7H3/t41-,43+,46+,47-,48+,49+,52+,53-/m1/s1. The van der Waals surface area contributed by atoms with Crippen LogP contribution in [0.15, 0.2) is 35.9 Å². The van der Waals surface area contributed by atoms with Crippen molar-refractivity contribution in [3.63, 3.8) is 0 Å². The number of rotatable bonds is 24. The van der Waals surface area contributed by atoms with Crippen molar-refractivity contribution in [3.05, 3.63) is 47.0 Å². The van der Waals surface area contributed by atoms with Gasteiger partial charge in [-0.25, -0.2) is 9.59 Å². The molecule has 0 N–H and O–H groups in total. The molecule has 0 saturated heterocycles. The van der Waals surface area contributed by atoms with Crippen LogP contribution in [0.5, 0.6) is 0 Å². The van der Waals surface area contributed by atoms with Crippen LogP contribution in [0, 0.1) is 52.3 Å². The number of carbonyl (C=O) groups excluding carboxylic acids is 2. The predicted octanol–water partition coefficient (Wildman–Crippen LogP) is 15.5. The van der Waals surface area contributed by atoms with Crippen LogP contribution in [0.3, 0.4) is 0 Å². The summed E-state index contributed by atoms with van der Waals surface area (Å²) in [5, 5.41) is 0. The molecule has 0 bridgehead atoms. The summed E-state index contributed by atoms with van der Waals surface area (Å²) < 4.78 is 11.9. The normalized spacial score (nSPS) is 28.7. The molecular weight excluding hydrogens is 701 g/mol. The maximum absolute atomic E-state index is 13.6. The van der Waals surface area contributed by atoms with E-state index in [0.29, 0.717) is 23.1 Å². The fraction of sp³-hybridized carbons (Fsp3) is 0.811. The monoisotopic (exact) mass is 787 g/mol. The number of hydrogen-bond donors (Lipinski definition) is 0. The Kier molecular flexibility index (Phi) is 18.1. The number of unbranched alkanes of at least 4 members (excludes halogenated alkanes) is 12. The Balaban J connectivity index is 1.01. The highest BCUT2D eigenvalue weighted by Crippen LogP contribution is 2.67. The first-order chi connectivity index (χ1) is 27.4. The molecule has 3 saturated carbocycles. The Bertz CT molecular complexity index is 1410. The van der Waals surface area contributed by atoms with Gasteiger partial charge in [-0.05, 0) is 116 Å². The molecule has 4 aliphatic rings. The van der Waals surface area contributed by atoms with Crippen LogP contribution in [0.2, 0.25) is 0 Å². The van der Waals surface area contributed by atoms with E-state index in [1.807, 2.05) is 12.1 Å². The molecule has 4 nitrogen and oxygen atoms in total. The Morgan fingerprint density at radius 3 is 1.86 bits per heavy atom. The molecule has 0 spiro atoms. The van der Waals surface area contributed by atoms with Crippen molar-refractivity contribution in [2.45, 2.75) is 215 Å². The summed E-state index contributed by atoms with van der Waals surface area (Å²) in [5.74, 6) is 4.95. The van der Waals surface area contributed by atoms with Gasteiger partial charge in [0.1, 0.15) is 6.10 Å². The van der Waals surface area contributed by atoms with E-state index >= 15 is 0 Å². The average Bonchev–Trinajstić information content (AvgIpc) is 3.54. The zero-order valence-electron chi connectivity index (χ0n) is 38.0. The highest BCUT2D eigenvalue weighted by atomic mass is 16.5. The predicted molar refractivity (Wildman–Crippen MR) is 238 cm³/mol. The van der Waals surface area contributed by atoms with Gasteiger partial charge in [0.25, 0.3) is 0 Å². The lowest BCUT2D eigenvalue weighted by atomic mass is 9.47. The summed E-state index contributed by atoms with van der Waals surface area (Å²) in [6.45, 7) is 17.6. The molecule has 0 unspecified atom stereocenters. The van der Waals surface area contributed by atoms with E-state index in [0.717, 1.165) is 73.5 Å². The maximum Gasteiger partial charge on any atom is 0.339 e. The largest absolute Gasteiger partial charge is 0.462 e. The molecule has 1 aromatic carbocycles. The number of fused-ring (bicyclic) bond motifs is 5. The van der Waals surface area contributed by atoms with Gasteiger partial charge in [-0.1, -0.05) is 175 Å². The molecule has 57 heavy (non-hydrogen) atoms. The van der Waals surface area contributed by atoms with E-state index in [1.54, 1.807) is 12.1 Å². The summed E-state index contributed by atoms with van der Waals surface area (Å²) in [6, 6.07) is 7.07. The van der Waals surface area contributed by atoms with Crippen molar-refractivity contribution < 1.29 is 19.1 Å². The fourth-order valence-electron chi connectivity index (χ4n) is 12.6. The van der Waals surface area contributed by atoms with Crippen molar-refractivity contribution >= 4 is 11.9 Å². The second-order valence-electron chi connectivity index (χ2n) is 21.0. The lowest BCUT2D eigenvalue weighted by Crippen LogP contribution is -2.51. The zero-order chi connectivity index (χ0) is 40.8. The molecule has 0 aliphatic heterocycles. The second kappa shape index (κ2) is 22.5. The third-order valence-corrected chi connectivity index (χ3v) is 16.1. The molecule has 1 aromatic rings. The van der Waals surface area contributed by atoms with Crippen molar-refractivity contribution in [2.75, 3.05) is 6.61 Å². The summed E-state index contributed by atoms with van der Waals surface area (Å²) in [5.41, 5.74) is 2.89. The van der Waals surface area contributed by atoms with Crippen LogP contribution in [0.1, 0.15) is 230 Å². The summed E-state index contributed by atoms with van der Waals surface area (Å²) >= 11 is 0. The minimum Gasteiger partial charge on any atom is -0.462 e. The van der Waals surface area contributed by atoms with Crippen molar-refractivity contribution in [1.82, 2.24) is 0 Å². The quantitative estimate of drug-likeness (QED) is 0.0595. The van der Waals surface area contributed by atoms with Crippen LogP contribution in [0.25, 0.3) is 0 Å². The molecule has 0 heterocycles. The van der Waals surface area contributed by atoms with Gasteiger partial charge < -0.3 is 9.47 Å². The molecule has 322 valence electrons. The van der Waals surface area contributed by atoms with E-state index < -0.39 is 5.97 Å². The topological polar surface area (TPSA) is 52.6 Å². The minimum absolute atomic E-state index is 0.140. The lowest BCUT2D eigenvalue weighted by Gasteiger charge is -2.58. The molecule has 0 aromatic heterocycles. The third-order valence-electron chi connectivity index (χ3n) is 16.1. The van der Waals surface area contributed by atoms with E-state index in [9.17, 15) is 9.59 Å². The van der Waals surface area contributed by atoms with Gasteiger partial charge in [-0.15, -0.1) is 0 Å². The highest BCUT2D eigenvalue weighted by Gasteiger charge is 2.59. The van der Waals surface area contributed by atoms with Crippen LogP contribution in [0.4, 0.5) is 0 Å². The van der Waals surface area contributed by atoms with Gasteiger partial charge in [0.05, 0.1) is 17.7 Å². The van der Waals surface area contributed by atoms with Crippen molar-refractivity contribution in [2.24, 2.45) is 52.3 Å². The number of ether oxygens (including phenoxy) is 2. The molecule has 3 fully saturated rings. The van der Waals surface area contributed by atoms with Crippen molar-refractivity contribution in [3.8, 4) is 0 Å². The first-order valence-corrected chi connectivity index (χ1v) is 24.6. The van der Waals surface area contributed by atoms with Crippen LogP contribution >= 0.6 is 0 Å². The maximum atomic E-state index is 13.6. The van der Waals surface area contributed by atoms with Gasteiger partial charge >= 0.3 is 11.9 Å². The molecule has 5 rings (SSSR count). The van der Waals surface area contributed by atoms with E-state index in [2.05, 4.69) is 54.5 Å². The van der Waals surface area contributed by atoms with E-state index in [4.69, 9.17) is 9.47 Å². The van der Waals surface area contributed by atoms with Gasteiger partial charge in [-0.2, -0.15) is 0 Å². The second-order valence-corrected chi connectivity index (χ2v) is 21.0. The van der Waals surface area contributed by atoms with Gasteiger partial charge in [0, 0.05) is 6.42 Å². The molecule has 0 amide bonds. The Morgan fingerprint density at radius 1 is 0.649 bits per heavy atom. The van der Waals surface area contributed by atoms with Gasteiger partial charge in [0.2, 0.25) is 0 Å². The first kappa shape index (κ1) is 46.0. The Morgan fingerprint density at radius 2 is 1.23 bits per heavy atom. The minimum atomic E-state index is -0.414. The zero-order valence-corrected chi connectivity index (χ0v) is 38.0. The Labute approximate surface area is 350 Å². The smallest absolute Gasteiger partial charge is 0.339 e. The number of benzene rings is 1. The number of hydrogen-bond acceptors (Lipinski definition) is 4. The van der Waals surface area contributed by atoms with Crippen LogP contribution < -0.4 is 0 Å². The molecule has 4 heteroatoms.